The maximum Gasteiger partial charge on any atom is 0.145 e. The number of rotatable bonds is 4. The van der Waals surface area contributed by atoms with Crippen molar-refractivity contribution in [2.24, 2.45) is 5.84 Å². The van der Waals surface area contributed by atoms with Crippen LogP contribution in [0.2, 0.25) is 0 Å². The Bertz CT molecular complexity index is 764. The lowest BCUT2D eigenvalue weighted by Gasteiger charge is -2.10. The van der Waals surface area contributed by atoms with Crippen molar-refractivity contribution in [3.8, 4) is 0 Å². The quantitative estimate of drug-likeness (QED) is 0.506. The molecular weight excluding hydrogens is 262 g/mol. The summed E-state index contributed by atoms with van der Waals surface area (Å²) >= 11 is 0. The van der Waals surface area contributed by atoms with Crippen LogP contribution in [0.5, 0.6) is 0 Å². The number of benzene rings is 2. The van der Waals surface area contributed by atoms with Crippen molar-refractivity contribution in [3.63, 3.8) is 0 Å². The summed E-state index contributed by atoms with van der Waals surface area (Å²) in [5.74, 6) is 7.43. The van der Waals surface area contributed by atoms with E-state index in [-0.39, 0.29) is 0 Å². The van der Waals surface area contributed by atoms with E-state index in [9.17, 15) is 0 Å². The highest BCUT2D eigenvalue weighted by Gasteiger charge is 2.03. The second-order valence-corrected chi connectivity index (χ2v) is 4.82. The van der Waals surface area contributed by atoms with Crippen molar-refractivity contribution < 1.29 is 0 Å². The lowest BCUT2D eigenvalue weighted by atomic mass is 10.0. The molecule has 2 aromatic carbocycles. The molecule has 0 aliphatic heterocycles. The predicted octanol–water partition coefficient (Wildman–Crippen LogP) is 2.84. The number of anilines is 2. The van der Waals surface area contributed by atoms with E-state index in [1.165, 1.54) is 16.3 Å². The minimum absolute atomic E-state index is 0.600. The number of nitrogens with two attached hydrogens (primary N) is 1. The minimum atomic E-state index is 0.600. The van der Waals surface area contributed by atoms with Gasteiger partial charge in [0.25, 0.3) is 0 Å². The number of nitrogens with zero attached hydrogens (tertiary/aromatic N) is 2. The third kappa shape index (κ3) is 2.93. The van der Waals surface area contributed by atoms with Gasteiger partial charge in [-0.1, -0.05) is 42.5 Å². The van der Waals surface area contributed by atoms with Gasteiger partial charge in [-0.2, -0.15) is 0 Å². The van der Waals surface area contributed by atoms with Crippen LogP contribution in [-0.4, -0.2) is 9.97 Å². The third-order valence-electron chi connectivity index (χ3n) is 3.33. The number of hydrogen-bond donors (Lipinski definition) is 3. The first-order valence-electron chi connectivity index (χ1n) is 6.79. The molecule has 0 bridgehead atoms. The highest BCUT2D eigenvalue weighted by molar-refractivity contribution is 5.85. The molecule has 0 saturated carbocycles. The molecule has 4 N–H and O–H groups in total. The van der Waals surface area contributed by atoms with E-state index < -0.39 is 0 Å². The zero-order valence-electron chi connectivity index (χ0n) is 11.8. The van der Waals surface area contributed by atoms with E-state index in [0.717, 1.165) is 5.82 Å². The molecule has 1 heterocycles. The monoisotopic (exact) mass is 279 g/mol. The maximum atomic E-state index is 5.40. The van der Waals surface area contributed by atoms with E-state index >= 15 is 0 Å². The van der Waals surface area contributed by atoms with Crippen molar-refractivity contribution in [1.82, 2.24) is 9.97 Å². The summed E-state index contributed by atoms with van der Waals surface area (Å²) in [6.45, 7) is 2.53. The number of aryl methyl sites for hydroxylation is 1. The molecule has 3 rings (SSSR count). The molecule has 106 valence electrons. The van der Waals surface area contributed by atoms with Gasteiger partial charge in [0.15, 0.2) is 0 Å². The van der Waals surface area contributed by atoms with Gasteiger partial charge in [-0.3, -0.25) is 0 Å². The Morgan fingerprint density at radius 2 is 1.76 bits per heavy atom. The highest BCUT2D eigenvalue weighted by Crippen LogP contribution is 2.19. The molecule has 1 aromatic heterocycles. The summed E-state index contributed by atoms with van der Waals surface area (Å²) in [7, 11) is 0. The van der Waals surface area contributed by atoms with Crippen LogP contribution in [0.15, 0.2) is 48.5 Å². The Kier molecular flexibility index (Phi) is 3.66. The molecule has 0 atom stereocenters. The molecular formula is C16H17N5. The molecule has 0 fully saturated rings. The molecule has 0 radical (unpaired) electrons. The van der Waals surface area contributed by atoms with Crippen molar-refractivity contribution in [1.29, 1.82) is 0 Å². The first-order valence-corrected chi connectivity index (χ1v) is 6.79. The van der Waals surface area contributed by atoms with E-state index in [1.807, 2.05) is 13.0 Å². The number of aromatic nitrogens is 2. The second kappa shape index (κ2) is 5.76. The number of hydrogen-bond acceptors (Lipinski definition) is 5. The fourth-order valence-electron chi connectivity index (χ4n) is 2.36. The first-order chi connectivity index (χ1) is 10.3. The highest BCUT2D eigenvalue weighted by atomic mass is 15.3. The lowest BCUT2D eigenvalue weighted by molar-refractivity contribution is 1.02. The van der Waals surface area contributed by atoms with Crippen LogP contribution in [0, 0.1) is 6.92 Å². The van der Waals surface area contributed by atoms with Crippen LogP contribution in [0.3, 0.4) is 0 Å². The molecule has 0 saturated heterocycles. The number of hydrazine groups is 1. The third-order valence-corrected chi connectivity index (χ3v) is 3.33. The van der Waals surface area contributed by atoms with Gasteiger partial charge in [0.05, 0.1) is 0 Å². The normalized spacial score (nSPS) is 10.6. The smallest absolute Gasteiger partial charge is 0.145 e. The van der Waals surface area contributed by atoms with Crippen molar-refractivity contribution in [3.05, 3.63) is 59.9 Å². The summed E-state index contributed by atoms with van der Waals surface area (Å²) in [6.07, 6.45) is 0. The first kappa shape index (κ1) is 13.3. The zero-order valence-corrected chi connectivity index (χ0v) is 11.8. The van der Waals surface area contributed by atoms with Gasteiger partial charge in [0, 0.05) is 12.6 Å². The largest absolute Gasteiger partial charge is 0.366 e. The fraction of sp³-hybridized carbons (Fsp3) is 0.125. The van der Waals surface area contributed by atoms with Crippen LogP contribution in [-0.2, 0) is 6.54 Å². The summed E-state index contributed by atoms with van der Waals surface area (Å²) in [5.41, 5.74) is 3.77. The van der Waals surface area contributed by atoms with E-state index in [4.69, 9.17) is 5.84 Å². The number of nitrogen functional groups attached to an aromatic ring is 1. The van der Waals surface area contributed by atoms with E-state index in [0.29, 0.717) is 18.2 Å². The Morgan fingerprint density at radius 3 is 2.62 bits per heavy atom. The average Bonchev–Trinajstić information content (AvgIpc) is 2.52. The molecule has 3 aromatic rings. The second-order valence-electron chi connectivity index (χ2n) is 4.82. The lowest BCUT2D eigenvalue weighted by Crippen LogP contribution is -2.11. The van der Waals surface area contributed by atoms with Gasteiger partial charge in [-0.05, 0) is 23.3 Å². The van der Waals surface area contributed by atoms with Crippen molar-refractivity contribution >= 4 is 22.4 Å². The van der Waals surface area contributed by atoms with Gasteiger partial charge < -0.3 is 10.7 Å². The van der Waals surface area contributed by atoms with Gasteiger partial charge in [0.2, 0.25) is 0 Å². The Labute approximate surface area is 123 Å². The van der Waals surface area contributed by atoms with Crippen LogP contribution >= 0.6 is 0 Å². The van der Waals surface area contributed by atoms with E-state index in [1.54, 1.807) is 6.07 Å². The number of fused-ring (bicyclic) bond motifs is 1. The average molecular weight is 279 g/mol. The fourth-order valence-corrected chi connectivity index (χ4v) is 2.36. The van der Waals surface area contributed by atoms with Crippen LogP contribution in [0.4, 0.5) is 11.6 Å². The van der Waals surface area contributed by atoms with Gasteiger partial charge in [0.1, 0.15) is 17.5 Å². The van der Waals surface area contributed by atoms with Gasteiger partial charge in [-0.25, -0.2) is 15.8 Å². The van der Waals surface area contributed by atoms with E-state index in [2.05, 4.69) is 57.1 Å². The molecule has 0 spiro atoms. The summed E-state index contributed by atoms with van der Waals surface area (Å²) in [4.78, 5) is 8.53. The van der Waals surface area contributed by atoms with Crippen LogP contribution < -0.4 is 16.6 Å². The topological polar surface area (TPSA) is 75.9 Å². The molecule has 5 heteroatoms. The summed E-state index contributed by atoms with van der Waals surface area (Å²) in [5, 5.41) is 5.80. The Hall–Kier alpha value is -2.66. The summed E-state index contributed by atoms with van der Waals surface area (Å²) in [6, 6.07) is 16.4. The predicted molar refractivity (Wildman–Crippen MR) is 85.9 cm³/mol. The molecule has 5 nitrogen and oxygen atoms in total. The van der Waals surface area contributed by atoms with Crippen molar-refractivity contribution in [2.75, 3.05) is 10.7 Å². The van der Waals surface area contributed by atoms with Crippen LogP contribution in [0.1, 0.15) is 11.4 Å². The maximum absolute atomic E-state index is 5.40. The Balaban J connectivity index is 1.85. The Morgan fingerprint density at radius 1 is 1.00 bits per heavy atom. The standard InChI is InChI=1S/C16H17N5/c1-11-19-15(9-16(20-11)21-17)18-10-13-7-4-6-12-5-2-3-8-14(12)13/h2-9H,10,17H2,1H3,(H2,18,19,20,21). The molecule has 21 heavy (non-hydrogen) atoms. The molecule has 0 aliphatic rings. The molecule has 0 unspecified atom stereocenters. The summed E-state index contributed by atoms with van der Waals surface area (Å²) < 4.78 is 0. The molecule has 0 aliphatic carbocycles. The van der Waals surface area contributed by atoms with Crippen LogP contribution in [0.25, 0.3) is 10.8 Å². The minimum Gasteiger partial charge on any atom is -0.366 e. The molecule has 0 amide bonds. The van der Waals surface area contributed by atoms with Crippen molar-refractivity contribution in [2.45, 2.75) is 13.5 Å². The zero-order chi connectivity index (χ0) is 14.7. The van der Waals surface area contributed by atoms with Gasteiger partial charge >= 0.3 is 0 Å². The SMILES string of the molecule is Cc1nc(NN)cc(NCc2cccc3ccccc23)n1. The number of nitrogens with one attached hydrogen (secondary N) is 2. The van der Waals surface area contributed by atoms with Gasteiger partial charge in [-0.15, -0.1) is 0 Å².